The number of carbonyl (C=O) groups excluding carboxylic acids is 1. The third-order valence-corrected chi connectivity index (χ3v) is 6.14. The van der Waals surface area contributed by atoms with Crippen molar-refractivity contribution in [3.05, 3.63) is 70.5 Å². The quantitative estimate of drug-likeness (QED) is 0.290. The molecule has 0 N–H and O–H groups in total. The Kier molecular flexibility index (Phi) is 6.35. The first-order chi connectivity index (χ1) is 15.0. The summed E-state index contributed by atoms with van der Waals surface area (Å²) in [5.41, 5.74) is 3.68. The maximum absolute atomic E-state index is 13.0. The molecule has 0 fully saturated rings. The van der Waals surface area contributed by atoms with Crippen molar-refractivity contribution in [2.75, 3.05) is 0 Å². The van der Waals surface area contributed by atoms with Crippen molar-refractivity contribution < 1.29 is 4.79 Å². The lowest BCUT2D eigenvalue weighted by molar-refractivity contribution is 0.0946. The van der Waals surface area contributed by atoms with Gasteiger partial charge in [-0.2, -0.15) is 9.61 Å². The number of fused-ring (bicyclic) bond motifs is 1. The van der Waals surface area contributed by atoms with Crippen LogP contribution in [0.5, 0.6) is 0 Å². The Morgan fingerprint density at radius 2 is 1.68 bits per heavy atom. The van der Waals surface area contributed by atoms with Crippen LogP contribution < -0.4 is 0 Å². The monoisotopic (exact) mass is 452 g/mol. The molecule has 4 rings (SSSR count). The first-order valence-corrected chi connectivity index (χ1v) is 11.1. The number of ketones is 1. The zero-order valence-corrected chi connectivity index (χ0v) is 18.9. The van der Waals surface area contributed by atoms with E-state index in [1.807, 2.05) is 54.6 Å². The van der Waals surface area contributed by atoms with E-state index in [4.69, 9.17) is 28.3 Å². The molecule has 0 unspecified atom stereocenters. The van der Waals surface area contributed by atoms with Gasteiger partial charge in [0, 0.05) is 22.6 Å². The fourth-order valence-corrected chi connectivity index (χ4v) is 3.99. The van der Waals surface area contributed by atoms with Gasteiger partial charge >= 0.3 is 0 Å². The van der Waals surface area contributed by atoms with Gasteiger partial charge in [0.25, 0.3) is 0 Å². The fourth-order valence-electron chi connectivity index (χ4n) is 3.64. The summed E-state index contributed by atoms with van der Waals surface area (Å²) in [6.45, 7) is 4.19. The van der Waals surface area contributed by atoms with Crippen LogP contribution in [0, 0.1) is 5.92 Å². The zero-order valence-electron chi connectivity index (χ0n) is 17.3. The summed E-state index contributed by atoms with van der Waals surface area (Å²) in [7, 11) is 0. The highest BCUT2D eigenvalue weighted by atomic mass is 35.5. The van der Waals surface area contributed by atoms with E-state index in [1.54, 1.807) is 0 Å². The summed E-state index contributed by atoms with van der Waals surface area (Å²) < 4.78 is 1.53. The number of benzene rings is 2. The molecular formula is C24H22Cl2N4O. The van der Waals surface area contributed by atoms with E-state index >= 15 is 0 Å². The van der Waals surface area contributed by atoms with E-state index in [1.165, 1.54) is 4.52 Å². The number of Topliss-reactive ketones (excluding diaryl/α,β-unsaturated/α-hetero) is 1. The summed E-state index contributed by atoms with van der Waals surface area (Å²) in [6.07, 6.45) is 2.31. The molecule has 2 heterocycles. The van der Waals surface area contributed by atoms with Crippen LogP contribution in [0.2, 0.25) is 10.0 Å². The second-order valence-electron chi connectivity index (χ2n) is 7.50. The highest BCUT2D eigenvalue weighted by Gasteiger charge is 2.22. The molecule has 31 heavy (non-hydrogen) atoms. The van der Waals surface area contributed by atoms with Crippen molar-refractivity contribution in [1.29, 1.82) is 0 Å². The largest absolute Gasteiger partial charge is 0.291 e. The van der Waals surface area contributed by atoms with Crippen LogP contribution in [-0.2, 0) is 0 Å². The summed E-state index contributed by atoms with van der Waals surface area (Å²) in [4.78, 5) is 13.0. The second kappa shape index (κ2) is 9.16. The van der Waals surface area contributed by atoms with Gasteiger partial charge in [-0.1, -0.05) is 80.2 Å². The highest BCUT2D eigenvalue weighted by Crippen LogP contribution is 2.35. The molecule has 4 aromatic rings. The molecule has 0 saturated heterocycles. The third-order valence-electron chi connectivity index (χ3n) is 5.56. The zero-order chi connectivity index (χ0) is 22.0. The van der Waals surface area contributed by atoms with Gasteiger partial charge in [-0.05, 0) is 35.7 Å². The van der Waals surface area contributed by atoms with E-state index in [2.05, 4.69) is 24.0 Å². The van der Waals surface area contributed by atoms with Crippen LogP contribution in [-0.4, -0.2) is 25.6 Å². The van der Waals surface area contributed by atoms with Gasteiger partial charge < -0.3 is 0 Å². The van der Waals surface area contributed by atoms with Gasteiger partial charge in [-0.15, -0.1) is 10.2 Å². The van der Waals surface area contributed by atoms with Gasteiger partial charge in [0.15, 0.2) is 5.65 Å². The number of halogens is 2. The van der Waals surface area contributed by atoms with Gasteiger partial charge in [-0.25, -0.2) is 0 Å². The molecule has 2 aromatic carbocycles. The Labute approximate surface area is 191 Å². The Balaban J connectivity index is 1.90. The summed E-state index contributed by atoms with van der Waals surface area (Å²) in [5, 5.41) is 14.4. The van der Waals surface area contributed by atoms with E-state index in [0.717, 1.165) is 29.5 Å². The Bertz CT molecular complexity index is 1230. The first-order valence-electron chi connectivity index (χ1n) is 10.3. The van der Waals surface area contributed by atoms with Crippen LogP contribution in [0.4, 0.5) is 0 Å². The SMILES string of the molecule is CCC(CC)CC(=O)c1nnc2cc(-c3ccc(Cl)cc3)c(-c3ccccc3Cl)nn12. The number of nitrogens with zero attached hydrogens (tertiary/aromatic N) is 4. The molecular weight excluding hydrogens is 431 g/mol. The molecule has 7 heteroatoms. The van der Waals surface area contributed by atoms with Crippen molar-refractivity contribution in [2.45, 2.75) is 33.1 Å². The number of rotatable bonds is 7. The van der Waals surface area contributed by atoms with E-state index in [0.29, 0.717) is 33.7 Å². The average molecular weight is 453 g/mol. The molecule has 0 aliphatic heterocycles. The maximum atomic E-state index is 13.0. The van der Waals surface area contributed by atoms with Crippen LogP contribution in [0.3, 0.4) is 0 Å². The lowest BCUT2D eigenvalue weighted by Gasteiger charge is -2.13. The fraction of sp³-hybridized carbons (Fsp3) is 0.250. The first kappa shape index (κ1) is 21.5. The molecule has 0 amide bonds. The second-order valence-corrected chi connectivity index (χ2v) is 8.34. The van der Waals surface area contributed by atoms with E-state index in [-0.39, 0.29) is 11.6 Å². The minimum absolute atomic E-state index is 0.0574. The molecule has 0 atom stereocenters. The molecule has 0 bridgehead atoms. The molecule has 0 saturated carbocycles. The molecule has 0 radical (unpaired) electrons. The molecule has 158 valence electrons. The highest BCUT2D eigenvalue weighted by molar-refractivity contribution is 6.33. The molecule has 2 aromatic heterocycles. The number of hydrogen-bond donors (Lipinski definition) is 0. The Morgan fingerprint density at radius 3 is 2.35 bits per heavy atom. The van der Waals surface area contributed by atoms with E-state index < -0.39 is 0 Å². The van der Waals surface area contributed by atoms with Gasteiger partial charge in [0.1, 0.15) is 5.69 Å². The number of hydrogen-bond acceptors (Lipinski definition) is 4. The molecule has 5 nitrogen and oxygen atoms in total. The standard InChI is InChI=1S/C24H22Cl2N4O/c1-3-15(4-2)13-21(31)24-28-27-22-14-19(16-9-11-17(25)12-10-16)23(29-30(22)24)18-7-5-6-8-20(18)26/h5-12,14-15H,3-4,13H2,1-2H3. The molecule has 0 spiro atoms. The van der Waals surface area contributed by atoms with Crippen LogP contribution in [0.25, 0.3) is 28.0 Å². The number of aromatic nitrogens is 4. The molecule has 0 aliphatic carbocycles. The Hall–Kier alpha value is -2.76. The number of carbonyl (C=O) groups is 1. The van der Waals surface area contributed by atoms with Crippen molar-refractivity contribution in [1.82, 2.24) is 19.8 Å². The molecule has 0 aliphatic rings. The third kappa shape index (κ3) is 4.34. The van der Waals surface area contributed by atoms with Crippen molar-refractivity contribution >= 4 is 34.6 Å². The van der Waals surface area contributed by atoms with E-state index in [9.17, 15) is 4.79 Å². The van der Waals surface area contributed by atoms with Gasteiger partial charge in [0.2, 0.25) is 11.6 Å². The minimum atomic E-state index is -0.0574. The topological polar surface area (TPSA) is 60.2 Å². The maximum Gasteiger partial charge on any atom is 0.221 e. The predicted molar refractivity (Wildman–Crippen MR) is 125 cm³/mol. The van der Waals surface area contributed by atoms with Gasteiger partial charge in [0.05, 0.1) is 5.02 Å². The average Bonchev–Trinajstić information content (AvgIpc) is 3.20. The van der Waals surface area contributed by atoms with Crippen LogP contribution in [0.15, 0.2) is 54.6 Å². The van der Waals surface area contributed by atoms with Crippen LogP contribution in [0.1, 0.15) is 43.7 Å². The smallest absolute Gasteiger partial charge is 0.221 e. The van der Waals surface area contributed by atoms with Gasteiger partial charge in [-0.3, -0.25) is 4.79 Å². The predicted octanol–water partition coefficient (Wildman–Crippen LogP) is 6.77. The lowest BCUT2D eigenvalue weighted by atomic mass is 9.97. The van der Waals surface area contributed by atoms with Crippen molar-refractivity contribution in [2.24, 2.45) is 5.92 Å². The Morgan fingerprint density at radius 1 is 0.968 bits per heavy atom. The summed E-state index contributed by atoms with van der Waals surface area (Å²) in [6, 6.07) is 16.9. The summed E-state index contributed by atoms with van der Waals surface area (Å²) >= 11 is 12.6. The normalized spacial score (nSPS) is 11.4. The lowest BCUT2D eigenvalue weighted by Crippen LogP contribution is -2.13. The van der Waals surface area contributed by atoms with Crippen molar-refractivity contribution in [3.63, 3.8) is 0 Å². The van der Waals surface area contributed by atoms with Crippen LogP contribution >= 0.6 is 23.2 Å². The summed E-state index contributed by atoms with van der Waals surface area (Å²) in [5.74, 6) is 0.507. The van der Waals surface area contributed by atoms with Crippen molar-refractivity contribution in [3.8, 4) is 22.4 Å². The minimum Gasteiger partial charge on any atom is -0.291 e.